The monoisotopic (exact) mass is 293 g/mol. The van der Waals surface area contributed by atoms with Crippen LogP contribution in [0.4, 0.5) is 0 Å². The van der Waals surface area contributed by atoms with Crippen molar-refractivity contribution < 1.29 is 14.3 Å². The first kappa shape index (κ1) is 14.1. The van der Waals surface area contributed by atoms with Crippen molar-refractivity contribution in [3.63, 3.8) is 0 Å². The van der Waals surface area contributed by atoms with Gasteiger partial charge in [0.25, 0.3) is 0 Å². The van der Waals surface area contributed by atoms with Crippen LogP contribution in [-0.4, -0.2) is 25.2 Å². The number of para-hydroxylation sites is 2. The van der Waals surface area contributed by atoms with E-state index in [1.807, 2.05) is 48.5 Å². The molecule has 4 nitrogen and oxygen atoms in total. The lowest BCUT2D eigenvalue weighted by Gasteiger charge is -2.11. The van der Waals surface area contributed by atoms with Crippen LogP contribution in [0.25, 0.3) is 22.2 Å². The maximum atomic E-state index is 12.1. The van der Waals surface area contributed by atoms with Crippen LogP contribution in [0.5, 0.6) is 5.75 Å². The quantitative estimate of drug-likeness (QED) is 0.691. The van der Waals surface area contributed by atoms with Gasteiger partial charge in [-0.3, -0.25) is 0 Å². The zero-order chi connectivity index (χ0) is 15.5. The number of methoxy groups -OCH3 is 2. The van der Waals surface area contributed by atoms with Crippen LogP contribution in [0.15, 0.2) is 54.6 Å². The number of ether oxygens (including phenoxy) is 2. The number of hydrogen-bond donors (Lipinski definition) is 0. The van der Waals surface area contributed by atoms with Gasteiger partial charge in [0, 0.05) is 10.9 Å². The van der Waals surface area contributed by atoms with Crippen LogP contribution in [0.1, 0.15) is 10.4 Å². The molecule has 0 bridgehead atoms. The SMILES string of the molecule is COC(=O)c1cc(-c2ccccc2OC)nc2ccccc12. The Balaban J connectivity index is 2.29. The third kappa shape index (κ3) is 2.39. The minimum atomic E-state index is -0.380. The Bertz CT molecular complexity index is 843. The third-order valence-electron chi connectivity index (χ3n) is 3.50. The lowest BCUT2D eigenvalue weighted by Crippen LogP contribution is -2.04. The van der Waals surface area contributed by atoms with Gasteiger partial charge in [-0.05, 0) is 24.3 Å². The molecule has 0 unspecified atom stereocenters. The maximum Gasteiger partial charge on any atom is 0.338 e. The highest BCUT2D eigenvalue weighted by molar-refractivity contribution is 6.04. The van der Waals surface area contributed by atoms with Crippen LogP contribution >= 0.6 is 0 Å². The van der Waals surface area contributed by atoms with E-state index in [4.69, 9.17) is 9.47 Å². The Morgan fingerprint density at radius 1 is 1.00 bits per heavy atom. The number of rotatable bonds is 3. The molecule has 0 fully saturated rings. The van der Waals surface area contributed by atoms with E-state index in [-0.39, 0.29) is 5.97 Å². The first-order valence-corrected chi connectivity index (χ1v) is 6.86. The molecule has 0 atom stereocenters. The molecule has 1 heterocycles. The fourth-order valence-corrected chi connectivity index (χ4v) is 2.45. The summed E-state index contributed by atoms with van der Waals surface area (Å²) in [5, 5.41) is 0.771. The van der Waals surface area contributed by atoms with Crippen molar-refractivity contribution in [2.24, 2.45) is 0 Å². The van der Waals surface area contributed by atoms with Gasteiger partial charge < -0.3 is 9.47 Å². The Morgan fingerprint density at radius 3 is 2.50 bits per heavy atom. The summed E-state index contributed by atoms with van der Waals surface area (Å²) in [4.78, 5) is 16.7. The maximum absolute atomic E-state index is 12.1. The highest BCUT2D eigenvalue weighted by Crippen LogP contribution is 2.31. The summed E-state index contributed by atoms with van der Waals surface area (Å²) in [6.45, 7) is 0. The molecule has 1 aromatic heterocycles. The van der Waals surface area contributed by atoms with E-state index in [9.17, 15) is 4.79 Å². The van der Waals surface area contributed by atoms with Crippen molar-refractivity contribution in [1.29, 1.82) is 0 Å². The molecule has 0 saturated carbocycles. The number of fused-ring (bicyclic) bond motifs is 1. The zero-order valence-electron chi connectivity index (χ0n) is 12.4. The van der Waals surface area contributed by atoms with Crippen LogP contribution in [-0.2, 0) is 4.74 Å². The number of carbonyl (C=O) groups excluding carboxylic acids is 1. The number of carbonyl (C=O) groups is 1. The number of esters is 1. The highest BCUT2D eigenvalue weighted by Gasteiger charge is 2.15. The summed E-state index contributed by atoms with van der Waals surface area (Å²) in [5.74, 6) is 0.329. The van der Waals surface area contributed by atoms with Crippen molar-refractivity contribution in [1.82, 2.24) is 4.98 Å². The smallest absolute Gasteiger partial charge is 0.338 e. The van der Waals surface area contributed by atoms with Gasteiger partial charge in [-0.25, -0.2) is 9.78 Å². The van der Waals surface area contributed by atoms with Gasteiger partial charge in [-0.15, -0.1) is 0 Å². The minimum absolute atomic E-state index is 0.380. The van der Waals surface area contributed by atoms with Crippen molar-refractivity contribution in [3.8, 4) is 17.0 Å². The van der Waals surface area contributed by atoms with E-state index >= 15 is 0 Å². The molecule has 0 spiro atoms. The van der Waals surface area contributed by atoms with Gasteiger partial charge >= 0.3 is 5.97 Å². The van der Waals surface area contributed by atoms with E-state index in [1.54, 1.807) is 13.2 Å². The number of hydrogen-bond acceptors (Lipinski definition) is 4. The van der Waals surface area contributed by atoms with E-state index in [1.165, 1.54) is 7.11 Å². The topological polar surface area (TPSA) is 48.4 Å². The van der Waals surface area contributed by atoms with Crippen molar-refractivity contribution in [3.05, 3.63) is 60.2 Å². The molecule has 0 N–H and O–H groups in total. The second-order valence-electron chi connectivity index (χ2n) is 4.76. The van der Waals surface area contributed by atoms with Gasteiger partial charge in [0.1, 0.15) is 5.75 Å². The fourth-order valence-electron chi connectivity index (χ4n) is 2.45. The fraction of sp³-hybridized carbons (Fsp3) is 0.111. The molecule has 0 radical (unpaired) electrons. The molecular formula is C18H15NO3. The predicted octanol–water partition coefficient (Wildman–Crippen LogP) is 3.70. The largest absolute Gasteiger partial charge is 0.496 e. The van der Waals surface area contributed by atoms with Crippen LogP contribution in [0, 0.1) is 0 Å². The first-order valence-electron chi connectivity index (χ1n) is 6.86. The number of benzene rings is 2. The van der Waals surface area contributed by atoms with Gasteiger partial charge in [0.15, 0.2) is 0 Å². The normalized spacial score (nSPS) is 10.5. The van der Waals surface area contributed by atoms with Gasteiger partial charge in [0.2, 0.25) is 0 Å². The van der Waals surface area contributed by atoms with Crippen LogP contribution in [0.2, 0.25) is 0 Å². The van der Waals surface area contributed by atoms with Crippen molar-refractivity contribution in [2.75, 3.05) is 14.2 Å². The molecular weight excluding hydrogens is 278 g/mol. The lowest BCUT2D eigenvalue weighted by molar-refractivity contribution is 0.0603. The average Bonchev–Trinajstić information content (AvgIpc) is 2.60. The Kier molecular flexibility index (Phi) is 3.74. The second kappa shape index (κ2) is 5.85. The molecule has 4 heteroatoms. The van der Waals surface area contributed by atoms with Crippen molar-refractivity contribution >= 4 is 16.9 Å². The van der Waals surface area contributed by atoms with Gasteiger partial charge in [0.05, 0.1) is 31.0 Å². The molecule has 0 aliphatic rings. The molecule has 3 aromatic rings. The summed E-state index contributed by atoms with van der Waals surface area (Å²) in [6.07, 6.45) is 0. The third-order valence-corrected chi connectivity index (χ3v) is 3.50. The molecule has 0 aliphatic heterocycles. The number of aromatic nitrogens is 1. The number of nitrogens with zero attached hydrogens (tertiary/aromatic N) is 1. The van der Waals surface area contributed by atoms with Gasteiger partial charge in [-0.2, -0.15) is 0 Å². The molecule has 22 heavy (non-hydrogen) atoms. The second-order valence-corrected chi connectivity index (χ2v) is 4.76. The van der Waals surface area contributed by atoms with Crippen molar-refractivity contribution in [2.45, 2.75) is 0 Å². The van der Waals surface area contributed by atoms with Gasteiger partial charge in [-0.1, -0.05) is 30.3 Å². The first-order chi connectivity index (χ1) is 10.7. The van der Waals surface area contributed by atoms with E-state index in [2.05, 4.69) is 4.98 Å². The molecule has 0 saturated heterocycles. The van der Waals surface area contributed by atoms with E-state index < -0.39 is 0 Å². The molecule has 3 rings (SSSR count). The Hall–Kier alpha value is -2.88. The molecule has 0 aliphatic carbocycles. The van der Waals surface area contributed by atoms with E-state index in [0.29, 0.717) is 17.0 Å². The zero-order valence-corrected chi connectivity index (χ0v) is 12.4. The summed E-state index contributed by atoms with van der Waals surface area (Å²) in [5.41, 5.74) is 2.75. The average molecular weight is 293 g/mol. The summed E-state index contributed by atoms with van der Waals surface area (Å²) in [6, 6.07) is 16.8. The Labute approximate surface area is 128 Å². The van der Waals surface area contributed by atoms with Crippen LogP contribution < -0.4 is 4.74 Å². The summed E-state index contributed by atoms with van der Waals surface area (Å²) < 4.78 is 10.3. The number of pyridine rings is 1. The minimum Gasteiger partial charge on any atom is -0.496 e. The Morgan fingerprint density at radius 2 is 1.73 bits per heavy atom. The molecule has 2 aromatic carbocycles. The highest BCUT2D eigenvalue weighted by atomic mass is 16.5. The summed E-state index contributed by atoms with van der Waals surface area (Å²) in [7, 11) is 2.99. The molecule has 0 amide bonds. The molecule has 110 valence electrons. The van der Waals surface area contributed by atoms with Crippen LogP contribution in [0.3, 0.4) is 0 Å². The lowest BCUT2D eigenvalue weighted by atomic mass is 10.0. The summed E-state index contributed by atoms with van der Waals surface area (Å²) >= 11 is 0. The van der Waals surface area contributed by atoms with E-state index in [0.717, 1.165) is 16.5 Å². The standard InChI is InChI=1S/C18H15NO3/c1-21-17-10-6-4-8-13(17)16-11-14(18(20)22-2)12-7-3-5-9-15(12)19-16/h3-11H,1-2H3. The predicted molar refractivity (Wildman–Crippen MR) is 85.1 cm³/mol.